The summed E-state index contributed by atoms with van der Waals surface area (Å²) in [5, 5.41) is 3.14. The summed E-state index contributed by atoms with van der Waals surface area (Å²) in [4.78, 5) is 12.1. The molecule has 2 aliphatic carbocycles. The summed E-state index contributed by atoms with van der Waals surface area (Å²) in [6.07, 6.45) is 4.98. The molecule has 0 unspecified atom stereocenters. The smallest absolute Gasteiger partial charge is 0.224 e. The third-order valence-corrected chi connectivity index (χ3v) is 4.51. The van der Waals surface area contributed by atoms with Crippen molar-refractivity contribution in [3.63, 3.8) is 0 Å². The van der Waals surface area contributed by atoms with E-state index in [9.17, 15) is 4.79 Å². The first-order chi connectivity index (χ1) is 8.21. The van der Waals surface area contributed by atoms with Gasteiger partial charge in [0.15, 0.2) is 0 Å². The van der Waals surface area contributed by atoms with Crippen LogP contribution in [0, 0.1) is 11.3 Å². The monoisotopic (exact) mass is 229 g/mol. The maximum atomic E-state index is 12.1. The van der Waals surface area contributed by atoms with Crippen molar-refractivity contribution < 1.29 is 4.79 Å². The van der Waals surface area contributed by atoms with E-state index in [0.29, 0.717) is 11.3 Å². The third-order valence-electron chi connectivity index (χ3n) is 4.51. The standard InChI is InChI=1S/C15H19NO/c1-11(12-6-3-2-4-7-12)16-14(17)13-10-15(13)8-5-9-15/h2-4,6-7,11,13H,5,8-10H2,1H3,(H,16,17)/t11-,13+/m1/s1. The van der Waals surface area contributed by atoms with Gasteiger partial charge in [-0.15, -0.1) is 0 Å². The molecule has 2 nitrogen and oxygen atoms in total. The Labute approximate surface area is 102 Å². The lowest BCUT2D eigenvalue weighted by atomic mass is 9.79. The molecule has 0 heterocycles. The maximum absolute atomic E-state index is 12.1. The molecular weight excluding hydrogens is 210 g/mol. The van der Waals surface area contributed by atoms with Gasteiger partial charge in [-0.05, 0) is 37.2 Å². The molecule has 0 aliphatic heterocycles. The molecule has 0 radical (unpaired) electrons. The summed E-state index contributed by atoms with van der Waals surface area (Å²) in [7, 11) is 0. The van der Waals surface area contributed by atoms with Crippen molar-refractivity contribution in [1.29, 1.82) is 0 Å². The van der Waals surface area contributed by atoms with Crippen LogP contribution in [0.3, 0.4) is 0 Å². The Morgan fingerprint density at radius 1 is 1.35 bits per heavy atom. The van der Waals surface area contributed by atoms with Crippen LogP contribution in [0.25, 0.3) is 0 Å². The van der Waals surface area contributed by atoms with Gasteiger partial charge in [-0.3, -0.25) is 4.79 Å². The zero-order chi connectivity index (χ0) is 11.9. The minimum absolute atomic E-state index is 0.126. The first-order valence-corrected chi connectivity index (χ1v) is 6.57. The van der Waals surface area contributed by atoms with Crippen molar-refractivity contribution in [3.05, 3.63) is 35.9 Å². The number of carbonyl (C=O) groups is 1. The Balaban J connectivity index is 1.59. The predicted molar refractivity (Wildman–Crippen MR) is 67.4 cm³/mol. The number of hydrogen-bond donors (Lipinski definition) is 1. The summed E-state index contributed by atoms with van der Waals surface area (Å²) < 4.78 is 0. The van der Waals surface area contributed by atoms with E-state index in [1.54, 1.807) is 0 Å². The maximum Gasteiger partial charge on any atom is 0.224 e. The largest absolute Gasteiger partial charge is 0.349 e. The molecule has 3 rings (SSSR count). The van der Waals surface area contributed by atoms with Gasteiger partial charge in [-0.25, -0.2) is 0 Å². The van der Waals surface area contributed by atoms with Crippen molar-refractivity contribution in [1.82, 2.24) is 5.32 Å². The molecule has 1 aromatic carbocycles. The zero-order valence-electron chi connectivity index (χ0n) is 10.3. The fourth-order valence-corrected chi connectivity index (χ4v) is 3.04. The minimum atomic E-state index is 0.126. The summed E-state index contributed by atoms with van der Waals surface area (Å²) in [5.74, 6) is 0.573. The second kappa shape index (κ2) is 3.86. The summed E-state index contributed by atoms with van der Waals surface area (Å²) >= 11 is 0. The van der Waals surface area contributed by atoms with Gasteiger partial charge in [-0.2, -0.15) is 0 Å². The van der Waals surface area contributed by atoms with E-state index in [-0.39, 0.29) is 11.9 Å². The molecule has 1 aromatic rings. The number of hydrogen-bond acceptors (Lipinski definition) is 1. The lowest BCUT2D eigenvalue weighted by molar-refractivity contribution is -0.124. The van der Waals surface area contributed by atoms with Gasteiger partial charge in [0, 0.05) is 5.92 Å². The second-order valence-electron chi connectivity index (χ2n) is 5.61. The lowest BCUT2D eigenvalue weighted by Crippen LogP contribution is -2.31. The Morgan fingerprint density at radius 2 is 2.06 bits per heavy atom. The number of amides is 1. The van der Waals surface area contributed by atoms with Gasteiger partial charge in [-0.1, -0.05) is 36.8 Å². The molecule has 2 saturated carbocycles. The van der Waals surface area contributed by atoms with Crippen LogP contribution >= 0.6 is 0 Å². The average molecular weight is 229 g/mol. The Hall–Kier alpha value is -1.31. The Kier molecular flexibility index (Phi) is 2.46. The normalized spacial score (nSPS) is 26.1. The van der Waals surface area contributed by atoms with Gasteiger partial charge in [0.1, 0.15) is 0 Å². The second-order valence-corrected chi connectivity index (χ2v) is 5.61. The molecule has 0 saturated heterocycles. The van der Waals surface area contributed by atoms with Gasteiger partial charge in [0.2, 0.25) is 5.91 Å². The van der Waals surface area contributed by atoms with Crippen LogP contribution in [0.15, 0.2) is 30.3 Å². The van der Waals surface area contributed by atoms with E-state index >= 15 is 0 Å². The van der Waals surface area contributed by atoms with E-state index in [0.717, 1.165) is 6.42 Å². The number of nitrogens with one attached hydrogen (secondary N) is 1. The highest BCUT2D eigenvalue weighted by Gasteiger charge is 2.60. The van der Waals surface area contributed by atoms with Gasteiger partial charge in [0.05, 0.1) is 6.04 Å². The highest BCUT2D eigenvalue weighted by molar-refractivity contribution is 5.83. The topological polar surface area (TPSA) is 29.1 Å². The average Bonchev–Trinajstić information content (AvgIpc) is 3.05. The first-order valence-electron chi connectivity index (χ1n) is 6.57. The van der Waals surface area contributed by atoms with Crippen LogP contribution in [0.1, 0.15) is 44.2 Å². The van der Waals surface area contributed by atoms with E-state index < -0.39 is 0 Å². The van der Waals surface area contributed by atoms with E-state index in [4.69, 9.17) is 0 Å². The van der Waals surface area contributed by atoms with E-state index in [2.05, 4.69) is 24.4 Å². The van der Waals surface area contributed by atoms with E-state index in [1.165, 1.54) is 24.8 Å². The summed E-state index contributed by atoms with van der Waals surface area (Å²) in [5.41, 5.74) is 1.62. The van der Waals surface area contributed by atoms with Gasteiger partial charge >= 0.3 is 0 Å². The molecule has 90 valence electrons. The zero-order valence-corrected chi connectivity index (χ0v) is 10.3. The molecule has 1 amide bonds. The predicted octanol–water partition coefficient (Wildman–Crippen LogP) is 3.05. The summed E-state index contributed by atoms with van der Waals surface area (Å²) in [6.45, 7) is 2.06. The highest BCUT2D eigenvalue weighted by Crippen LogP contribution is 2.65. The molecule has 2 heteroatoms. The number of rotatable bonds is 3. The lowest BCUT2D eigenvalue weighted by Gasteiger charge is -2.26. The molecule has 0 bridgehead atoms. The molecule has 1 N–H and O–H groups in total. The Morgan fingerprint density at radius 3 is 2.59 bits per heavy atom. The van der Waals surface area contributed by atoms with Crippen LogP contribution in [-0.4, -0.2) is 5.91 Å². The van der Waals surface area contributed by atoms with Crippen LogP contribution < -0.4 is 5.32 Å². The van der Waals surface area contributed by atoms with Crippen LogP contribution in [0.2, 0.25) is 0 Å². The molecule has 2 atom stereocenters. The van der Waals surface area contributed by atoms with Crippen molar-refractivity contribution in [3.8, 4) is 0 Å². The highest BCUT2D eigenvalue weighted by atomic mass is 16.2. The molecule has 1 spiro atoms. The van der Waals surface area contributed by atoms with Crippen LogP contribution in [-0.2, 0) is 4.79 Å². The Bertz CT molecular complexity index is 422. The SMILES string of the molecule is C[C@@H](NC(=O)[C@@H]1CC12CCC2)c1ccccc1. The minimum Gasteiger partial charge on any atom is -0.349 e. The molecule has 2 fully saturated rings. The van der Waals surface area contributed by atoms with Crippen LogP contribution in [0.5, 0.6) is 0 Å². The fourth-order valence-electron chi connectivity index (χ4n) is 3.04. The van der Waals surface area contributed by atoms with E-state index in [1.807, 2.05) is 18.2 Å². The van der Waals surface area contributed by atoms with Crippen molar-refractivity contribution >= 4 is 5.91 Å². The fraction of sp³-hybridized carbons (Fsp3) is 0.533. The number of benzene rings is 1. The van der Waals surface area contributed by atoms with Gasteiger partial charge in [0.25, 0.3) is 0 Å². The molecular formula is C15H19NO. The molecule has 2 aliphatic rings. The van der Waals surface area contributed by atoms with Crippen molar-refractivity contribution in [2.45, 2.75) is 38.6 Å². The van der Waals surface area contributed by atoms with Crippen molar-refractivity contribution in [2.24, 2.45) is 11.3 Å². The van der Waals surface area contributed by atoms with Crippen molar-refractivity contribution in [2.75, 3.05) is 0 Å². The molecule has 17 heavy (non-hydrogen) atoms. The third kappa shape index (κ3) is 1.86. The molecule has 0 aromatic heterocycles. The first kappa shape index (κ1) is 10.8. The quantitative estimate of drug-likeness (QED) is 0.848. The summed E-state index contributed by atoms with van der Waals surface area (Å²) in [6, 6.07) is 10.3. The van der Waals surface area contributed by atoms with Gasteiger partial charge < -0.3 is 5.32 Å². The number of carbonyl (C=O) groups excluding carboxylic acids is 1. The van der Waals surface area contributed by atoms with Crippen LogP contribution in [0.4, 0.5) is 0 Å².